The number of hydrogen-bond donors (Lipinski definition) is 0. The van der Waals surface area contributed by atoms with E-state index in [0.717, 1.165) is 33.9 Å². The molecule has 2 nitrogen and oxygen atoms in total. The zero-order chi connectivity index (χ0) is 29.1. The van der Waals surface area contributed by atoms with Crippen molar-refractivity contribution in [2.45, 2.75) is 15.2 Å². The second-order valence-electron chi connectivity index (χ2n) is 11.3. The highest BCUT2D eigenvalue weighted by Crippen LogP contribution is 2.63. The van der Waals surface area contributed by atoms with Gasteiger partial charge in [-0.1, -0.05) is 157 Å². The Labute approximate surface area is 261 Å². The Morgan fingerprint density at radius 3 is 1.64 bits per heavy atom. The summed E-state index contributed by atoms with van der Waals surface area (Å²) >= 11 is 1.86. The van der Waals surface area contributed by atoms with Gasteiger partial charge in [0, 0.05) is 26.5 Å². The molecule has 2 aliphatic rings. The van der Waals surface area contributed by atoms with Gasteiger partial charge in [0.25, 0.3) is 0 Å². The lowest BCUT2D eigenvalue weighted by Gasteiger charge is -2.40. The van der Waals surface area contributed by atoms with Crippen molar-refractivity contribution in [2.24, 2.45) is 0 Å². The van der Waals surface area contributed by atoms with Gasteiger partial charge in [0.2, 0.25) is 0 Å². The molecule has 0 atom stereocenters. The first-order valence-corrected chi connectivity index (χ1v) is 15.7. The molecule has 0 saturated heterocycles. The van der Waals surface area contributed by atoms with Crippen molar-refractivity contribution in [3.8, 4) is 45.0 Å². The van der Waals surface area contributed by atoms with E-state index in [1.54, 1.807) is 0 Å². The zero-order valence-electron chi connectivity index (χ0n) is 23.8. The standard InChI is InChI=1S/C41H26N2S/c1-3-14-27(15-4-1)36-26-37(43-40(42-36)28-16-5-2-6-17-28)31-20-13-24-35-39(31)44-38-25-12-11-23-34(38)41(35)32-21-9-7-18-29(32)30-19-8-10-22-33(30)41/h1-26H. The van der Waals surface area contributed by atoms with Crippen molar-refractivity contribution in [3.63, 3.8) is 0 Å². The fourth-order valence-electron chi connectivity index (χ4n) is 7.14. The van der Waals surface area contributed by atoms with Crippen molar-refractivity contribution in [2.75, 3.05) is 0 Å². The molecule has 0 amide bonds. The van der Waals surface area contributed by atoms with E-state index in [9.17, 15) is 0 Å². The molecule has 3 heteroatoms. The van der Waals surface area contributed by atoms with Crippen LogP contribution in [0.4, 0.5) is 0 Å². The second kappa shape index (κ2) is 9.90. The molecule has 2 heterocycles. The van der Waals surface area contributed by atoms with E-state index in [1.807, 2.05) is 36.0 Å². The minimum Gasteiger partial charge on any atom is -0.228 e. The van der Waals surface area contributed by atoms with Crippen LogP contribution in [0, 0.1) is 0 Å². The highest BCUT2D eigenvalue weighted by atomic mass is 32.2. The maximum atomic E-state index is 5.24. The molecule has 0 bridgehead atoms. The van der Waals surface area contributed by atoms with Crippen LogP contribution in [0.15, 0.2) is 168 Å². The van der Waals surface area contributed by atoms with E-state index in [4.69, 9.17) is 9.97 Å². The third-order valence-corrected chi connectivity index (χ3v) is 10.2. The number of aromatic nitrogens is 2. The van der Waals surface area contributed by atoms with Crippen molar-refractivity contribution >= 4 is 11.8 Å². The fraction of sp³-hybridized carbons (Fsp3) is 0.0244. The Morgan fingerprint density at radius 1 is 0.409 bits per heavy atom. The molecule has 206 valence electrons. The summed E-state index contributed by atoms with van der Waals surface area (Å²) in [5.41, 5.74) is 12.6. The maximum Gasteiger partial charge on any atom is 0.160 e. The lowest BCUT2D eigenvalue weighted by molar-refractivity contribution is 0.723. The van der Waals surface area contributed by atoms with Crippen molar-refractivity contribution in [1.29, 1.82) is 0 Å². The third kappa shape index (κ3) is 3.63. The van der Waals surface area contributed by atoms with E-state index in [0.29, 0.717) is 0 Å². The molecule has 44 heavy (non-hydrogen) atoms. The van der Waals surface area contributed by atoms with Crippen molar-refractivity contribution in [3.05, 3.63) is 180 Å². The minimum absolute atomic E-state index is 0.419. The Morgan fingerprint density at radius 2 is 0.932 bits per heavy atom. The van der Waals surface area contributed by atoms with Crippen LogP contribution >= 0.6 is 11.8 Å². The third-order valence-electron chi connectivity index (χ3n) is 8.98. The van der Waals surface area contributed by atoms with Crippen LogP contribution in [0.3, 0.4) is 0 Å². The first-order chi connectivity index (χ1) is 21.8. The van der Waals surface area contributed by atoms with Gasteiger partial charge in [-0.05, 0) is 45.5 Å². The fourth-order valence-corrected chi connectivity index (χ4v) is 8.45. The number of benzene rings is 6. The van der Waals surface area contributed by atoms with Crippen LogP contribution in [0.1, 0.15) is 22.3 Å². The SMILES string of the molecule is c1ccc(-c2cc(-c3cccc4c3Sc3ccccc3C43c4ccccc4-c4ccccc43)nc(-c3ccccc3)n2)cc1. The second-order valence-corrected chi connectivity index (χ2v) is 12.4. The summed E-state index contributed by atoms with van der Waals surface area (Å²) in [6.45, 7) is 0. The van der Waals surface area contributed by atoms with Crippen LogP contribution in [0.5, 0.6) is 0 Å². The molecule has 0 unspecified atom stereocenters. The molecule has 1 aliphatic carbocycles. The van der Waals surface area contributed by atoms with E-state index in [-0.39, 0.29) is 0 Å². The van der Waals surface area contributed by atoms with Gasteiger partial charge >= 0.3 is 0 Å². The lowest BCUT2D eigenvalue weighted by atomic mass is 9.67. The van der Waals surface area contributed by atoms with E-state index < -0.39 is 5.41 Å². The van der Waals surface area contributed by atoms with Gasteiger partial charge in [-0.3, -0.25) is 0 Å². The molecular weight excluding hydrogens is 553 g/mol. The van der Waals surface area contributed by atoms with E-state index >= 15 is 0 Å². The van der Waals surface area contributed by atoms with Gasteiger partial charge in [0.1, 0.15) is 0 Å². The Hall–Kier alpha value is -5.25. The first kappa shape index (κ1) is 25.3. The van der Waals surface area contributed by atoms with Gasteiger partial charge < -0.3 is 0 Å². The highest BCUT2D eigenvalue weighted by molar-refractivity contribution is 7.99. The van der Waals surface area contributed by atoms with Crippen LogP contribution in [0.2, 0.25) is 0 Å². The summed E-state index contributed by atoms with van der Waals surface area (Å²) in [6, 6.07) is 56.4. The summed E-state index contributed by atoms with van der Waals surface area (Å²) in [5, 5.41) is 0. The predicted molar refractivity (Wildman–Crippen MR) is 180 cm³/mol. The van der Waals surface area contributed by atoms with Gasteiger partial charge in [0.15, 0.2) is 5.82 Å². The van der Waals surface area contributed by atoms with E-state index in [1.165, 1.54) is 43.2 Å². The van der Waals surface area contributed by atoms with Crippen LogP contribution in [-0.2, 0) is 5.41 Å². The molecule has 7 aromatic rings. The monoisotopic (exact) mass is 578 g/mol. The zero-order valence-corrected chi connectivity index (χ0v) is 24.6. The quantitative estimate of drug-likeness (QED) is 0.209. The maximum absolute atomic E-state index is 5.24. The van der Waals surface area contributed by atoms with Crippen molar-refractivity contribution < 1.29 is 0 Å². The number of nitrogens with zero attached hydrogens (tertiary/aromatic N) is 2. The first-order valence-electron chi connectivity index (χ1n) is 14.9. The number of fused-ring (bicyclic) bond motifs is 9. The molecule has 0 fully saturated rings. The van der Waals surface area contributed by atoms with Crippen LogP contribution in [0.25, 0.3) is 45.0 Å². The molecular formula is C41H26N2S. The molecule has 1 spiro atoms. The van der Waals surface area contributed by atoms with Crippen molar-refractivity contribution in [1.82, 2.24) is 9.97 Å². The molecule has 0 N–H and O–H groups in total. The Balaban J connectivity index is 1.35. The Kier molecular flexibility index (Phi) is 5.69. The minimum atomic E-state index is -0.419. The summed E-state index contributed by atoms with van der Waals surface area (Å²) in [5.74, 6) is 0.729. The lowest BCUT2D eigenvalue weighted by Crippen LogP contribution is -2.32. The number of hydrogen-bond acceptors (Lipinski definition) is 3. The summed E-state index contributed by atoms with van der Waals surface area (Å²) in [6.07, 6.45) is 0. The molecule has 9 rings (SSSR count). The molecule has 1 aliphatic heterocycles. The van der Waals surface area contributed by atoms with Gasteiger partial charge in [0.05, 0.1) is 16.8 Å². The largest absolute Gasteiger partial charge is 0.228 e. The van der Waals surface area contributed by atoms with E-state index in [2.05, 4.69) is 133 Å². The van der Waals surface area contributed by atoms with Gasteiger partial charge in [-0.15, -0.1) is 0 Å². The highest BCUT2D eigenvalue weighted by Gasteiger charge is 2.50. The molecule has 6 aromatic carbocycles. The predicted octanol–water partition coefficient (Wildman–Crippen LogP) is 10.3. The molecule has 1 aromatic heterocycles. The normalized spacial score (nSPS) is 13.5. The molecule has 0 saturated carbocycles. The smallest absolute Gasteiger partial charge is 0.160 e. The average molecular weight is 579 g/mol. The summed E-state index contributed by atoms with van der Waals surface area (Å²) in [7, 11) is 0. The Bertz CT molecular complexity index is 2100. The van der Waals surface area contributed by atoms with Gasteiger partial charge in [-0.25, -0.2) is 9.97 Å². The summed E-state index contributed by atoms with van der Waals surface area (Å²) in [4.78, 5) is 12.8. The topological polar surface area (TPSA) is 25.8 Å². The van der Waals surface area contributed by atoms with Gasteiger partial charge in [-0.2, -0.15) is 0 Å². The number of rotatable bonds is 3. The molecule has 0 radical (unpaired) electrons. The summed E-state index contributed by atoms with van der Waals surface area (Å²) < 4.78 is 0. The van der Waals surface area contributed by atoms with Crippen LogP contribution < -0.4 is 0 Å². The van der Waals surface area contributed by atoms with Crippen LogP contribution in [-0.4, -0.2) is 9.97 Å². The average Bonchev–Trinajstić information content (AvgIpc) is 3.40.